The van der Waals surface area contributed by atoms with Gasteiger partial charge in [0.15, 0.2) is 17.7 Å². The summed E-state index contributed by atoms with van der Waals surface area (Å²) in [7, 11) is 0. The number of nitrogens with zero attached hydrogens (tertiary/aromatic N) is 6. The van der Waals surface area contributed by atoms with Crippen LogP contribution in [0.2, 0.25) is 0 Å². The van der Waals surface area contributed by atoms with E-state index in [1.165, 1.54) is 18.5 Å². The second-order valence-corrected chi connectivity index (χ2v) is 8.41. The van der Waals surface area contributed by atoms with Crippen molar-refractivity contribution >= 4 is 29.0 Å². The number of imidazole rings is 1. The third-order valence-corrected chi connectivity index (χ3v) is 6.01. The molecule has 188 valence electrons. The van der Waals surface area contributed by atoms with Gasteiger partial charge in [-0.15, -0.1) is 12.4 Å². The average molecular weight is 517 g/mol. The highest BCUT2D eigenvalue weighted by atomic mass is 35.5. The number of hydrogen-bond donors (Lipinski definition) is 1. The van der Waals surface area contributed by atoms with Crippen LogP contribution in [-0.4, -0.2) is 53.4 Å². The molecular weight excluding hydrogens is 495 g/mol. The van der Waals surface area contributed by atoms with E-state index in [2.05, 4.69) is 15.1 Å². The summed E-state index contributed by atoms with van der Waals surface area (Å²) in [5.74, 6) is -1.78. The molecule has 0 saturated carbocycles. The molecule has 0 spiro atoms. The lowest BCUT2D eigenvalue weighted by Crippen LogP contribution is -2.30. The number of aliphatic hydroxyl groups excluding tert-OH is 1. The molecule has 13 heteroatoms. The van der Waals surface area contributed by atoms with Gasteiger partial charge in [-0.3, -0.25) is 19.0 Å². The summed E-state index contributed by atoms with van der Waals surface area (Å²) in [5.41, 5.74) is 0.274. The smallest absolute Gasteiger partial charge is 0.372 e. The van der Waals surface area contributed by atoms with Gasteiger partial charge in [0.25, 0.3) is 0 Å². The first-order valence-electron chi connectivity index (χ1n) is 10.9. The molecule has 5 rings (SSSR count). The first-order chi connectivity index (χ1) is 16.2. The van der Waals surface area contributed by atoms with E-state index >= 15 is 0 Å². The van der Waals surface area contributed by atoms with Crippen LogP contribution in [0.5, 0.6) is 0 Å². The van der Waals surface area contributed by atoms with Gasteiger partial charge >= 0.3 is 6.18 Å². The van der Waals surface area contributed by atoms with Crippen molar-refractivity contribution in [1.29, 1.82) is 0 Å². The zero-order valence-electron chi connectivity index (χ0n) is 18.3. The number of aliphatic hydroxyl groups is 1. The van der Waals surface area contributed by atoms with Gasteiger partial charge in [-0.1, -0.05) is 12.8 Å². The van der Waals surface area contributed by atoms with Gasteiger partial charge in [0.05, 0.1) is 23.1 Å². The maximum absolute atomic E-state index is 14.1. The maximum Gasteiger partial charge on any atom is 0.408 e. The van der Waals surface area contributed by atoms with Gasteiger partial charge in [0.1, 0.15) is 18.1 Å². The highest BCUT2D eigenvalue weighted by Gasteiger charge is 2.31. The third-order valence-electron chi connectivity index (χ3n) is 6.01. The van der Waals surface area contributed by atoms with Crippen LogP contribution < -0.4 is 0 Å². The van der Waals surface area contributed by atoms with E-state index in [4.69, 9.17) is 0 Å². The summed E-state index contributed by atoms with van der Waals surface area (Å²) in [5, 5.41) is 15.2. The number of alkyl halides is 3. The lowest BCUT2D eigenvalue weighted by molar-refractivity contribution is -0.141. The Hall–Kier alpha value is -2.83. The van der Waals surface area contributed by atoms with Gasteiger partial charge in [0.2, 0.25) is 0 Å². The van der Waals surface area contributed by atoms with Crippen molar-refractivity contribution in [1.82, 2.24) is 29.0 Å². The Morgan fingerprint density at radius 1 is 1.00 bits per heavy atom. The Morgan fingerprint density at radius 2 is 1.71 bits per heavy atom. The van der Waals surface area contributed by atoms with Crippen LogP contribution in [0.25, 0.3) is 27.9 Å². The summed E-state index contributed by atoms with van der Waals surface area (Å²) in [4.78, 5) is 10.1. The second kappa shape index (κ2) is 9.67. The lowest BCUT2D eigenvalue weighted by atomic mass is 10.2. The number of fused-ring (bicyclic) bond motifs is 2. The van der Waals surface area contributed by atoms with Crippen molar-refractivity contribution in [2.45, 2.75) is 44.6 Å². The van der Waals surface area contributed by atoms with Crippen LogP contribution >= 0.6 is 12.4 Å². The molecule has 4 aromatic heterocycles. The van der Waals surface area contributed by atoms with Gasteiger partial charge in [-0.2, -0.15) is 18.3 Å². The van der Waals surface area contributed by atoms with Crippen molar-refractivity contribution in [2.75, 3.05) is 13.1 Å². The van der Waals surface area contributed by atoms with Crippen molar-refractivity contribution < 1.29 is 27.1 Å². The summed E-state index contributed by atoms with van der Waals surface area (Å²) in [6.45, 7) is -0.0635. The monoisotopic (exact) mass is 516 g/mol. The van der Waals surface area contributed by atoms with E-state index in [-0.39, 0.29) is 46.0 Å². The molecule has 7 nitrogen and oxygen atoms in total. The molecule has 0 aliphatic carbocycles. The molecule has 1 atom stereocenters. The van der Waals surface area contributed by atoms with E-state index in [1.54, 1.807) is 0 Å². The predicted molar refractivity (Wildman–Crippen MR) is 120 cm³/mol. The van der Waals surface area contributed by atoms with Crippen LogP contribution in [0, 0.1) is 11.6 Å². The molecule has 1 N–H and O–H groups in total. The Bertz CT molecular complexity index is 1350. The van der Waals surface area contributed by atoms with Gasteiger partial charge < -0.3 is 5.11 Å². The molecule has 35 heavy (non-hydrogen) atoms. The van der Waals surface area contributed by atoms with Crippen LogP contribution in [0.15, 0.2) is 30.7 Å². The highest BCUT2D eigenvalue weighted by molar-refractivity contribution is 5.92. The van der Waals surface area contributed by atoms with E-state index < -0.39 is 30.6 Å². The summed E-state index contributed by atoms with van der Waals surface area (Å²) in [6.07, 6.45) is 1.83. The quantitative estimate of drug-likeness (QED) is 0.392. The number of aromatic nitrogens is 5. The van der Waals surface area contributed by atoms with Gasteiger partial charge in [-0.05, 0) is 18.9 Å². The summed E-state index contributed by atoms with van der Waals surface area (Å²) >= 11 is 0. The third kappa shape index (κ3) is 4.95. The molecule has 1 unspecified atom stereocenters. The van der Waals surface area contributed by atoms with Crippen molar-refractivity contribution in [3.63, 3.8) is 0 Å². The lowest BCUT2D eigenvalue weighted by Gasteiger charge is -2.25. The molecular formula is C22H22ClF5N6O. The number of likely N-dealkylation sites (tertiary alicyclic amines) is 1. The Kier molecular flexibility index (Phi) is 6.98. The van der Waals surface area contributed by atoms with Crippen molar-refractivity contribution in [2.24, 2.45) is 0 Å². The first kappa shape index (κ1) is 25.3. The summed E-state index contributed by atoms with van der Waals surface area (Å²) in [6, 6.07) is 2.06. The summed E-state index contributed by atoms with van der Waals surface area (Å²) < 4.78 is 69.8. The molecule has 1 fully saturated rings. The van der Waals surface area contributed by atoms with E-state index in [9.17, 15) is 27.1 Å². The molecule has 1 saturated heterocycles. The number of rotatable bonds is 4. The molecule has 0 bridgehead atoms. The number of pyridine rings is 2. The van der Waals surface area contributed by atoms with Crippen LogP contribution in [0.1, 0.15) is 37.6 Å². The largest absolute Gasteiger partial charge is 0.408 e. The minimum absolute atomic E-state index is 0. The predicted octanol–water partition coefficient (Wildman–Crippen LogP) is 4.88. The van der Waals surface area contributed by atoms with Gasteiger partial charge in [0, 0.05) is 36.9 Å². The fourth-order valence-electron chi connectivity index (χ4n) is 4.42. The standard InChI is InChI=1S/C22H21F5N6O.ClH/c23-13-7-15(24)20-29-10-18(32(20)11-13)19-14-9-28-16(21(34)31-5-3-1-2-4-6-31)8-17(14)33(30-19)12-22(25,26)27;/h7-11,21,34H,1-6,12H2;1H. The Balaban J connectivity index is 0.00000289. The van der Waals surface area contributed by atoms with Crippen molar-refractivity contribution in [3.05, 3.63) is 48.1 Å². The topological polar surface area (TPSA) is 71.5 Å². The fourth-order valence-corrected chi connectivity index (χ4v) is 4.42. The van der Waals surface area contributed by atoms with E-state index in [1.807, 2.05) is 4.90 Å². The zero-order valence-corrected chi connectivity index (χ0v) is 19.2. The minimum atomic E-state index is -4.57. The maximum atomic E-state index is 14.1. The zero-order chi connectivity index (χ0) is 24.0. The minimum Gasteiger partial charge on any atom is -0.372 e. The van der Waals surface area contributed by atoms with E-state index in [0.29, 0.717) is 19.2 Å². The van der Waals surface area contributed by atoms with Crippen LogP contribution in [0.4, 0.5) is 22.0 Å². The van der Waals surface area contributed by atoms with Crippen LogP contribution in [0.3, 0.4) is 0 Å². The van der Waals surface area contributed by atoms with Crippen LogP contribution in [-0.2, 0) is 6.54 Å². The molecule has 0 radical (unpaired) electrons. The molecule has 0 aromatic carbocycles. The molecule has 4 aromatic rings. The first-order valence-corrected chi connectivity index (χ1v) is 10.9. The Morgan fingerprint density at radius 3 is 2.40 bits per heavy atom. The Labute approximate surface area is 202 Å². The van der Waals surface area contributed by atoms with Crippen molar-refractivity contribution in [3.8, 4) is 11.4 Å². The molecule has 5 heterocycles. The highest BCUT2D eigenvalue weighted by Crippen LogP contribution is 2.32. The average Bonchev–Trinajstić information content (AvgIpc) is 3.21. The molecule has 1 aliphatic heterocycles. The second-order valence-electron chi connectivity index (χ2n) is 8.41. The SMILES string of the molecule is Cl.OC(c1cc2c(cn1)c(-c1cnc3c(F)cc(F)cn13)nn2CC(F)(F)F)N1CCCCCC1. The normalized spacial score (nSPS) is 16.4. The van der Waals surface area contributed by atoms with E-state index in [0.717, 1.165) is 41.0 Å². The number of halogens is 6. The van der Waals surface area contributed by atoms with Gasteiger partial charge in [-0.25, -0.2) is 13.8 Å². The molecule has 1 aliphatic rings. The number of hydrogen-bond acceptors (Lipinski definition) is 5. The fraction of sp³-hybridized carbons (Fsp3) is 0.409. The molecule has 0 amide bonds.